The summed E-state index contributed by atoms with van der Waals surface area (Å²) in [5, 5.41) is 9.92. The molecule has 2 rings (SSSR count). The van der Waals surface area contributed by atoms with Crippen LogP contribution in [0, 0.1) is 6.92 Å². The first-order chi connectivity index (χ1) is 10.7. The molecule has 0 aliphatic heterocycles. The van der Waals surface area contributed by atoms with Gasteiger partial charge in [-0.2, -0.15) is 8.42 Å². The Morgan fingerprint density at radius 2 is 1.65 bits per heavy atom. The van der Waals surface area contributed by atoms with Crippen molar-refractivity contribution in [2.75, 3.05) is 0 Å². The Morgan fingerprint density at radius 1 is 1.04 bits per heavy atom. The molecule has 0 saturated heterocycles. The van der Waals surface area contributed by atoms with Gasteiger partial charge in [0.15, 0.2) is 5.75 Å². The highest BCUT2D eigenvalue weighted by molar-refractivity contribution is 7.87. The van der Waals surface area contributed by atoms with E-state index in [1.165, 1.54) is 24.3 Å². The highest BCUT2D eigenvalue weighted by atomic mass is 32.2. The van der Waals surface area contributed by atoms with Crippen molar-refractivity contribution in [3.8, 4) is 11.5 Å². The number of aryl methyl sites for hydroxylation is 1. The summed E-state index contributed by atoms with van der Waals surface area (Å²) in [6.45, 7) is 5.60. The second-order valence-corrected chi connectivity index (χ2v) is 7.11. The largest absolute Gasteiger partial charge is 0.502 e. The maximum absolute atomic E-state index is 12.3. The van der Waals surface area contributed by atoms with Crippen molar-refractivity contribution in [2.24, 2.45) is 0 Å². The smallest absolute Gasteiger partial charge is 0.339 e. The average Bonchev–Trinajstić information content (AvgIpc) is 2.61. The Hall–Kier alpha value is -2.34. The second kappa shape index (κ2) is 6.42. The predicted octanol–water partition coefficient (Wildman–Crippen LogP) is 2.95. The molecule has 0 amide bonds. The lowest BCUT2D eigenvalue weighted by molar-refractivity contribution is 0.426. The Bertz CT molecular complexity index is 868. The van der Waals surface area contributed by atoms with Crippen molar-refractivity contribution < 1.29 is 17.7 Å². The molecule has 0 spiro atoms. The van der Waals surface area contributed by atoms with Gasteiger partial charge in [0.25, 0.3) is 0 Å². The molecule has 0 fully saturated rings. The van der Waals surface area contributed by atoms with Gasteiger partial charge in [-0.3, -0.25) is 4.79 Å². The second-order valence-electron chi connectivity index (χ2n) is 5.56. The van der Waals surface area contributed by atoms with Gasteiger partial charge >= 0.3 is 10.1 Å². The predicted molar refractivity (Wildman–Crippen MR) is 87.5 cm³/mol. The summed E-state index contributed by atoms with van der Waals surface area (Å²) in [5.74, 6) is -1.06. The summed E-state index contributed by atoms with van der Waals surface area (Å²) >= 11 is 0. The van der Waals surface area contributed by atoms with Crippen LogP contribution in [0.3, 0.4) is 0 Å². The van der Waals surface area contributed by atoms with E-state index in [0.29, 0.717) is 5.56 Å². The lowest BCUT2D eigenvalue weighted by atomic mass is 10.1. The molecular formula is C17H18O5S. The highest BCUT2D eigenvalue weighted by Crippen LogP contribution is 2.26. The fraction of sp³-hybridized carbons (Fsp3) is 0.235. The summed E-state index contributed by atoms with van der Waals surface area (Å²) in [7, 11) is -4.13. The molecular weight excluding hydrogens is 316 g/mol. The first-order valence-electron chi connectivity index (χ1n) is 7.09. The van der Waals surface area contributed by atoms with Crippen LogP contribution in [-0.4, -0.2) is 13.5 Å². The lowest BCUT2D eigenvalue weighted by Gasteiger charge is -2.06. The van der Waals surface area contributed by atoms with E-state index in [1.54, 1.807) is 18.2 Å². The van der Waals surface area contributed by atoms with Gasteiger partial charge < -0.3 is 9.29 Å². The molecule has 0 radical (unpaired) electrons. The van der Waals surface area contributed by atoms with Crippen LogP contribution in [-0.2, 0) is 10.1 Å². The first kappa shape index (κ1) is 17.0. The van der Waals surface area contributed by atoms with Crippen molar-refractivity contribution in [3.05, 3.63) is 63.8 Å². The maximum Gasteiger partial charge on any atom is 0.339 e. The van der Waals surface area contributed by atoms with Crippen molar-refractivity contribution >= 4 is 10.1 Å². The first-order valence-corrected chi connectivity index (χ1v) is 8.50. The summed E-state index contributed by atoms with van der Waals surface area (Å²) in [6, 6.07) is 10.2. The summed E-state index contributed by atoms with van der Waals surface area (Å²) in [5.41, 5.74) is 0.891. The van der Waals surface area contributed by atoms with E-state index in [4.69, 9.17) is 4.18 Å². The quantitative estimate of drug-likeness (QED) is 0.870. The summed E-state index contributed by atoms with van der Waals surface area (Å²) in [6.07, 6.45) is 0. The molecule has 0 bridgehead atoms. The molecule has 2 aromatic carbocycles. The van der Waals surface area contributed by atoms with Crippen molar-refractivity contribution in [3.63, 3.8) is 0 Å². The van der Waals surface area contributed by atoms with Crippen LogP contribution >= 0.6 is 0 Å². The zero-order valence-electron chi connectivity index (χ0n) is 13.1. The molecule has 0 saturated carbocycles. The fourth-order valence-corrected chi connectivity index (χ4v) is 2.87. The number of rotatable bonds is 4. The zero-order valence-corrected chi connectivity index (χ0v) is 13.9. The molecule has 23 heavy (non-hydrogen) atoms. The lowest BCUT2D eigenvalue weighted by Crippen LogP contribution is -2.10. The molecule has 0 aliphatic rings. The molecule has 0 heterocycles. The fourth-order valence-electron chi connectivity index (χ4n) is 1.94. The van der Waals surface area contributed by atoms with E-state index in [2.05, 4.69) is 0 Å². The van der Waals surface area contributed by atoms with Gasteiger partial charge in [-0.1, -0.05) is 37.6 Å². The molecule has 2 aromatic rings. The topological polar surface area (TPSA) is 80.7 Å². The van der Waals surface area contributed by atoms with E-state index >= 15 is 0 Å². The summed E-state index contributed by atoms with van der Waals surface area (Å²) in [4.78, 5) is 11.9. The Kier molecular flexibility index (Phi) is 4.75. The van der Waals surface area contributed by atoms with Crippen LogP contribution in [0.4, 0.5) is 0 Å². The van der Waals surface area contributed by atoms with Crippen LogP contribution in [0.2, 0.25) is 0 Å². The Balaban J connectivity index is 2.47. The minimum Gasteiger partial charge on any atom is -0.502 e. The van der Waals surface area contributed by atoms with E-state index in [0.717, 1.165) is 5.56 Å². The van der Waals surface area contributed by atoms with Gasteiger partial charge in [0, 0.05) is 0 Å². The van der Waals surface area contributed by atoms with Gasteiger partial charge in [-0.25, -0.2) is 0 Å². The molecule has 0 unspecified atom stereocenters. The van der Waals surface area contributed by atoms with Crippen LogP contribution in [0.1, 0.15) is 30.9 Å². The van der Waals surface area contributed by atoms with Crippen molar-refractivity contribution in [2.45, 2.75) is 31.6 Å². The van der Waals surface area contributed by atoms with Gasteiger partial charge in [-0.05, 0) is 42.7 Å². The molecule has 122 valence electrons. The van der Waals surface area contributed by atoms with Gasteiger partial charge in [0.05, 0.1) is 0 Å². The van der Waals surface area contributed by atoms with E-state index in [9.17, 15) is 18.3 Å². The van der Waals surface area contributed by atoms with Crippen molar-refractivity contribution in [1.82, 2.24) is 0 Å². The molecule has 0 aliphatic carbocycles. The number of aromatic hydroxyl groups is 1. The monoisotopic (exact) mass is 334 g/mol. The van der Waals surface area contributed by atoms with Gasteiger partial charge in [0.1, 0.15) is 4.90 Å². The molecule has 0 aromatic heterocycles. The Labute approximate surface area is 135 Å². The number of hydrogen-bond acceptors (Lipinski definition) is 5. The third kappa shape index (κ3) is 3.90. The number of benzene rings is 1. The minimum absolute atomic E-state index is 0.0504. The van der Waals surface area contributed by atoms with Crippen LogP contribution < -0.4 is 9.61 Å². The molecule has 0 atom stereocenters. The van der Waals surface area contributed by atoms with Gasteiger partial charge in [-0.15, -0.1) is 0 Å². The van der Waals surface area contributed by atoms with E-state index < -0.39 is 21.3 Å². The maximum atomic E-state index is 12.3. The molecule has 5 nitrogen and oxygen atoms in total. The standard InChI is InChI=1S/C17H18O5S/c1-11(2)13-6-9-16(17(19)15(18)10-13)22-23(20,21)14-7-4-12(3)5-8-14/h4-11H,1-3H3,(H,18,19). The summed E-state index contributed by atoms with van der Waals surface area (Å²) < 4.78 is 29.5. The highest BCUT2D eigenvalue weighted by Gasteiger charge is 2.19. The SMILES string of the molecule is Cc1ccc(S(=O)(=O)Oc2ccc(C(C)C)cc(=O)c2O)cc1. The van der Waals surface area contributed by atoms with Crippen molar-refractivity contribution in [1.29, 1.82) is 0 Å². The number of hydrogen-bond donors (Lipinski definition) is 1. The third-order valence-corrected chi connectivity index (χ3v) is 4.62. The van der Waals surface area contributed by atoms with Crippen LogP contribution in [0.25, 0.3) is 0 Å². The third-order valence-electron chi connectivity index (χ3n) is 3.37. The average molecular weight is 334 g/mol. The Morgan fingerprint density at radius 3 is 2.22 bits per heavy atom. The molecule has 6 heteroatoms. The zero-order chi connectivity index (χ0) is 17.2. The molecule has 1 N–H and O–H groups in total. The normalized spacial score (nSPS) is 11.5. The minimum atomic E-state index is -4.13. The van der Waals surface area contributed by atoms with E-state index in [1.807, 2.05) is 20.8 Å². The van der Waals surface area contributed by atoms with E-state index in [-0.39, 0.29) is 16.6 Å². The van der Waals surface area contributed by atoms with Crippen LogP contribution in [0.5, 0.6) is 11.5 Å². The van der Waals surface area contributed by atoms with Crippen LogP contribution in [0.15, 0.2) is 52.2 Å². The van der Waals surface area contributed by atoms with Gasteiger partial charge in [0.2, 0.25) is 11.2 Å².